The molecule has 2 rings (SSSR count). The summed E-state index contributed by atoms with van der Waals surface area (Å²) in [6.45, 7) is 1.95. The molecule has 0 spiro atoms. The molecule has 1 heterocycles. The van der Waals surface area contributed by atoms with Gasteiger partial charge in [-0.25, -0.2) is 9.78 Å². The lowest BCUT2D eigenvalue weighted by Gasteiger charge is -1.94. The van der Waals surface area contributed by atoms with E-state index in [1.807, 2.05) is 36.6 Å². The van der Waals surface area contributed by atoms with Crippen LogP contribution in [0.25, 0.3) is 11.0 Å². The van der Waals surface area contributed by atoms with Crippen LogP contribution in [0.3, 0.4) is 0 Å². The van der Waals surface area contributed by atoms with Gasteiger partial charge >= 0.3 is 6.09 Å². The lowest BCUT2D eigenvalue weighted by molar-refractivity contribution is 0.209. The molecule has 2 aromatic rings. The Hall–Kier alpha value is -1.95. The van der Waals surface area contributed by atoms with Crippen LogP contribution in [0.5, 0.6) is 0 Å². The van der Waals surface area contributed by atoms with Crippen molar-refractivity contribution in [3.8, 4) is 0 Å². The van der Waals surface area contributed by atoms with Crippen LogP contribution in [0.15, 0.2) is 34.6 Å². The number of carbonyl (C=O) groups is 1. The molecule has 0 saturated carbocycles. The standard InChI is InChI=1S/C11H11N3O2S/c1-2-5-17-7-3-4-8-9(6-7)13-10(12-8)14-11(15)16/h2-6H,1H3,(H,15,16)(H2,12,13,14). The number of carboxylic acid groups (broad SMARTS) is 1. The molecule has 3 N–H and O–H groups in total. The van der Waals surface area contributed by atoms with E-state index in [0.717, 1.165) is 15.9 Å². The molecule has 0 aliphatic heterocycles. The Balaban J connectivity index is 2.30. The number of imidazole rings is 1. The van der Waals surface area contributed by atoms with E-state index >= 15 is 0 Å². The number of amides is 1. The van der Waals surface area contributed by atoms with Crippen LogP contribution < -0.4 is 5.32 Å². The van der Waals surface area contributed by atoms with Crippen molar-refractivity contribution in [1.82, 2.24) is 9.97 Å². The summed E-state index contributed by atoms with van der Waals surface area (Å²) in [5.41, 5.74) is 1.54. The van der Waals surface area contributed by atoms with Gasteiger partial charge in [-0.05, 0) is 30.5 Å². The van der Waals surface area contributed by atoms with E-state index in [0.29, 0.717) is 0 Å². The van der Waals surface area contributed by atoms with Crippen LogP contribution in [-0.2, 0) is 0 Å². The Morgan fingerprint density at radius 2 is 2.41 bits per heavy atom. The van der Waals surface area contributed by atoms with Crippen molar-refractivity contribution in [3.05, 3.63) is 29.7 Å². The normalized spacial score (nSPS) is 11.1. The molecule has 0 radical (unpaired) electrons. The molecule has 1 aromatic heterocycles. The van der Waals surface area contributed by atoms with Gasteiger partial charge in [0.05, 0.1) is 11.0 Å². The number of nitrogens with one attached hydrogen (secondary N) is 2. The van der Waals surface area contributed by atoms with E-state index in [1.165, 1.54) is 0 Å². The molecule has 6 heteroatoms. The van der Waals surface area contributed by atoms with Crippen LogP contribution in [0, 0.1) is 0 Å². The first-order valence-electron chi connectivity index (χ1n) is 4.96. The average molecular weight is 249 g/mol. The van der Waals surface area contributed by atoms with E-state index in [2.05, 4.69) is 15.3 Å². The van der Waals surface area contributed by atoms with Gasteiger partial charge in [0, 0.05) is 4.90 Å². The number of rotatable bonds is 3. The highest BCUT2D eigenvalue weighted by Gasteiger charge is 2.05. The fourth-order valence-electron chi connectivity index (χ4n) is 1.37. The van der Waals surface area contributed by atoms with Crippen LogP contribution in [0.1, 0.15) is 6.92 Å². The second kappa shape index (κ2) is 4.92. The zero-order chi connectivity index (χ0) is 12.3. The van der Waals surface area contributed by atoms with Crippen LogP contribution in [-0.4, -0.2) is 21.2 Å². The Morgan fingerprint density at radius 1 is 1.59 bits per heavy atom. The second-order valence-electron chi connectivity index (χ2n) is 3.28. The van der Waals surface area contributed by atoms with Crippen molar-refractivity contribution in [1.29, 1.82) is 0 Å². The van der Waals surface area contributed by atoms with Crippen molar-refractivity contribution in [3.63, 3.8) is 0 Å². The highest BCUT2D eigenvalue weighted by atomic mass is 32.2. The SMILES string of the molecule is CC=CSc1ccc2[nH]c(NC(=O)O)nc2c1. The molecular weight excluding hydrogens is 238 g/mol. The third kappa shape index (κ3) is 2.79. The molecule has 0 aliphatic carbocycles. The first kappa shape index (κ1) is 11.5. The summed E-state index contributed by atoms with van der Waals surface area (Å²) in [6.07, 6.45) is 0.823. The molecule has 5 nitrogen and oxygen atoms in total. The van der Waals surface area contributed by atoms with Crippen molar-refractivity contribution in [2.75, 3.05) is 5.32 Å². The van der Waals surface area contributed by atoms with E-state index in [4.69, 9.17) is 5.11 Å². The highest BCUT2D eigenvalue weighted by Crippen LogP contribution is 2.24. The van der Waals surface area contributed by atoms with Crippen LogP contribution >= 0.6 is 11.8 Å². The van der Waals surface area contributed by atoms with Crippen molar-refractivity contribution in [2.24, 2.45) is 0 Å². The number of anilines is 1. The van der Waals surface area contributed by atoms with Crippen molar-refractivity contribution < 1.29 is 9.90 Å². The first-order valence-corrected chi connectivity index (χ1v) is 5.84. The maximum absolute atomic E-state index is 10.5. The fourth-order valence-corrected chi connectivity index (χ4v) is 1.99. The van der Waals surface area contributed by atoms with Gasteiger partial charge in [0.15, 0.2) is 0 Å². The number of fused-ring (bicyclic) bond motifs is 1. The van der Waals surface area contributed by atoms with Crippen molar-refractivity contribution in [2.45, 2.75) is 11.8 Å². The molecular formula is C11H11N3O2S. The molecule has 0 saturated heterocycles. The van der Waals surface area contributed by atoms with Gasteiger partial charge in [-0.15, -0.1) is 0 Å². The minimum Gasteiger partial charge on any atom is -0.465 e. The summed E-state index contributed by atoms with van der Waals surface area (Å²) in [6, 6.07) is 5.74. The summed E-state index contributed by atoms with van der Waals surface area (Å²) in [5.74, 6) is 0.237. The molecule has 88 valence electrons. The number of benzene rings is 1. The monoisotopic (exact) mass is 249 g/mol. The summed E-state index contributed by atoms with van der Waals surface area (Å²) in [7, 11) is 0. The number of hydrogen-bond acceptors (Lipinski definition) is 3. The minimum absolute atomic E-state index is 0.237. The number of aromatic nitrogens is 2. The zero-order valence-electron chi connectivity index (χ0n) is 9.10. The predicted molar refractivity (Wildman–Crippen MR) is 68.4 cm³/mol. The molecule has 17 heavy (non-hydrogen) atoms. The predicted octanol–water partition coefficient (Wildman–Crippen LogP) is 3.28. The maximum atomic E-state index is 10.5. The number of aromatic amines is 1. The van der Waals surface area contributed by atoms with Gasteiger partial charge in [-0.3, -0.25) is 5.32 Å². The van der Waals surface area contributed by atoms with Crippen LogP contribution in [0.4, 0.5) is 10.7 Å². The Morgan fingerprint density at radius 3 is 3.12 bits per heavy atom. The van der Waals surface area contributed by atoms with E-state index < -0.39 is 6.09 Å². The number of H-pyrrole nitrogens is 1. The van der Waals surface area contributed by atoms with Gasteiger partial charge in [0.2, 0.25) is 5.95 Å². The molecule has 0 aliphatic rings. The molecule has 0 unspecified atom stereocenters. The van der Waals surface area contributed by atoms with Gasteiger partial charge < -0.3 is 10.1 Å². The van der Waals surface area contributed by atoms with Gasteiger partial charge in [0.1, 0.15) is 0 Å². The minimum atomic E-state index is -1.13. The Bertz CT molecular complexity index is 577. The third-order valence-corrected chi connectivity index (χ3v) is 2.95. The van der Waals surface area contributed by atoms with Gasteiger partial charge in [-0.2, -0.15) is 0 Å². The quantitative estimate of drug-likeness (QED) is 0.729. The largest absolute Gasteiger partial charge is 0.465 e. The lowest BCUT2D eigenvalue weighted by Crippen LogP contribution is -2.08. The Labute approximate surface area is 102 Å². The maximum Gasteiger partial charge on any atom is 0.411 e. The van der Waals surface area contributed by atoms with E-state index in [-0.39, 0.29) is 5.95 Å². The second-order valence-corrected chi connectivity index (χ2v) is 4.26. The molecule has 0 atom stereocenters. The third-order valence-electron chi connectivity index (χ3n) is 2.02. The number of allylic oxidation sites excluding steroid dienone is 1. The number of hydrogen-bond donors (Lipinski definition) is 3. The lowest BCUT2D eigenvalue weighted by atomic mass is 10.3. The smallest absolute Gasteiger partial charge is 0.411 e. The molecule has 0 fully saturated rings. The number of thioether (sulfide) groups is 1. The number of nitrogens with zero attached hydrogens (tertiary/aromatic N) is 1. The fraction of sp³-hybridized carbons (Fsp3) is 0.0909. The van der Waals surface area contributed by atoms with Gasteiger partial charge in [-0.1, -0.05) is 17.8 Å². The van der Waals surface area contributed by atoms with Gasteiger partial charge in [0.25, 0.3) is 0 Å². The topological polar surface area (TPSA) is 78.0 Å². The molecule has 1 amide bonds. The highest BCUT2D eigenvalue weighted by molar-refractivity contribution is 8.02. The summed E-state index contributed by atoms with van der Waals surface area (Å²) in [4.78, 5) is 18.5. The Kier molecular flexibility index (Phi) is 3.34. The van der Waals surface area contributed by atoms with Crippen LogP contribution in [0.2, 0.25) is 0 Å². The van der Waals surface area contributed by atoms with E-state index in [9.17, 15) is 4.79 Å². The zero-order valence-corrected chi connectivity index (χ0v) is 9.91. The first-order chi connectivity index (χ1) is 8.19. The summed E-state index contributed by atoms with van der Waals surface area (Å²) >= 11 is 1.59. The average Bonchev–Trinajstić information content (AvgIpc) is 2.66. The van der Waals surface area contributed by atoms with E-state index in [1.54, 1.807) is 11.8 Å². The summed E-state index contributed by atoms with van der Waals surface area (Å²) in [5, 5.41) is 12.7. The molecule has 0 bridgehead atoms. The van der Waals surface area contributed by atoms with Crippen molar-refractivity contribution >= 4 is 34.8 Å². The molecule has 1 aromatic carbocycles. The summed E-state index contributed by atoms with van der Waals surface area (Å²) < 4.78 is 0.